The minimum atomic E-state index is -0.535. The summed E-state index contributed by atoms with van der Waals surface area (Å²) in [6.07, 6.45) is 0. The molecule has 1 rings (SSSR count). The molecule has 4 nitrogen and oxygen atoms in total. The summed E-state index contributed by atoms with van der Waals surface area (Å²) in [4.78, 5) is 24.8. The average molecular weight is 343 g/mol. The normalized spacial score (nSPS) is 12.6. The van der Waals surface area contributed by atoms with Crippen molar-refractivity contribution in [3.63, 3.8) is 0 Å². The van der Waals surface area contributed by atoms with E-state index in [-0.39, 0.29) is 11.8 Å². The number of hydrogen-bond donors (Lipinski definition) is 2. The number of thioether (sulfide) groups is 1. The van der Waals surface area contributed by atoms with Gasteiger partial charge in [-0.15, -0.1) is 11.8 Å². The predicted octanol–water partition coefficient (Wildman–Crippen LogP) is 3.10. The highest BCUT2D eigenvalue weighted by Crippen LogP contribution is 2.19. The molecule has 1 atom stereocenters. The van der Waals surface area contributed by atoms with Gasteiger partial charge in [0.1, 0.15) is 6.04 Å². The smallest absolute Gasteiger partial charge is 0.242 e. The maximum Gasteiger partial charge on any atom is 0.242 e. The van der Waals surface area contributed by atoms with E-state index in [9.17, 15) is 9.59 Å². The van der Waals surface area contributed by atoms with Crippen LogP contribution in [0.4, 0.5) is 0 Å². The van der Waals surface area contributed by atoms with Gasteiger partial charge in [-0.3, -0.25) is 9.59 Å². The molecule has 2 N–H and O–H groups in total. The fourth-order valence-corrected chi connectivity index (χ4v) is 2.40. The van der Waals surface area contributed by atoms with Gasteiger partial charge in [-0.1, -0.05) is 32.4 Å². The van der Waals surface area contributed by atoms with Gasteiger partial charge in [0.05, 0.1) is 0 Å². The van der Waals surface area contributed by atoms with Crippen molar-refractivity contribution < 1.29 is 9.59 Å². The quantitative estimate of drug-likeness (QED) is 0.617. The summed E-state index contributed by atoms with van der Waals surface area (Å²) in [6, 6.07) is 7.04. The molecule has 0 aliphatic carbocycles. The Kier molecular flexibility index (Phi) is 7.23. The molecular weight excluding hydrogens is 320 g/mol. The van der Waals surface area contributed by atoms with Crippen LogP contribution < -0.4 is 10.6 Å². The van der Waals surface area contributed by atoms with Crippen LogP contribution in [0.2, 0.25) is 5.02 Å². The van der Waals surface area contributed by atoms with Crippen molar-refractivity contribution in [1.82, 2.24) is 10.6 Å². The third-order valence-electron chi connectivity index (χ3n) is 2.91. The Morgan fingerprint density at radius 3 is 2.36 bits per heavy atom. The molecule has 0 aliphatic heterocycles. The molecule has 6 heteroatoms. The number of carbonyl (C=O) groups is 2. The van der Waals surface area contributed by atoms with Crippen molar-refractivity contribution in [3.05, 3.63) is 29.3 Å². The third-order valence-corrected chi connectivity index (χ3v) is 4.17. The molecule has 2 amide bonds. The van der Waals surface area contributed by atoms with Crippen LogP contribution in [0.5, 0.6) is 0 Å². The van der Waals surface area contributed by atoms with Crippen LogP contribution >= 0.6 is 23.4 Å². The fraction of sp³-hybridized carbons (Fsp3) is 0.500. The summed E-state index contributed by atoms with van der Waals surface area (Å²) < 4.78 is 0. The van der Waals surface area contributed by atoms with Crippen molar-refractivity contribution >= 4 is 35.2 Å². The maximum absolute atomic E-state index is 11.9. The van der Waals surface area contributed by atoms with E-state index in [1.807, 2.05) is 45.0 Å². The lowest BCUT2D eigenvalue weighted by Crippen LogP contribution is -2.48. The van der Waals surface area contributed by atoms with Gasteiger partial charge >= 0.3 is 0 Å². The van der Waals surface area contributed by atoms with E-state index < -0.39 is 11.5 Å². The molecule has 0 saturated carbocycles. The van der Waals surface area contributed by atoms with Crippen LogP contribution in [-0.2, 0) is 9.59 Å². The summed E-state index contributed by atoms with van der Waals surface area (Å²) in [7, 11) is 0. The number of carbonyl (C=O) groups excluding carboxylic acids is 2. The summed E-state index contributed by atoms with van der Waals surface area (Å²) >= 11 is 7.46. The molecule has 0 aromatic heterocycles. The highest BCUT2D eigenvalue weighted by molar-refractivity contribution is 7.99. The van der Waals surface area contributed by atoms with Gasteiger partial charge in [-0.25, -0.2) is 0 Å². The van der Waals surface area contributed by atoms with E-state index in [0.717, 1.165) is 10.6 Å². The predicted molar refractivity (Wildman–Crippen MR) is 92.2 cm³/mol. The van der Waals surface area contributed by atoms with Crippen LogP contribution in [0, 0.1) is 5.41 Å². The zero-order valence-electron chi connectivity index (χ0n) is 13.4. The largest absolute Gasteiger partial charge is 0.353 e. The summed E-state index contributed by atoms with van der Waals surface area (Å²) in [5.74, 6) is 0.452. The maximum atomic E-state index is 11.9. The Labute approximate surface area is 141 Å². The SMILES string of the molecule is CC(NC(=O)C(C)(C)C)C(=O)NCCSc1ccc(Cl)cc1. The van der Waals surface area contributed by atoms with Crippen molar-refractivity contribution in [1.29, 1.82) is 0 Å². The molecule has 0 aliphatic rings. The summed E-state index contributed by atoms with van der Waals surface area (Å²) in [6.45, 7) is 7.67. The second kappa shape index (κ2) is 8.44. The van der Waals surface area contributed by atoms with Crippen LogP contribution in [0.25, 0.3) is 0 Å². The Bertz CT molecular complexity index is 512. The summed E-state index contributed by atoms with van der Waals surface area (Å²) in [5.41, 5.74) is -0.501. The van der Waals surface area contributed by atoms with Gasteiger partial charge in [0.2, 0.25) is 11.8 Å². The zero-order chi connectivity index (χ0) is 16.8. The lowest BCUT2D eigenvalue weighted by atomic mass is 9.95. The molecular formula is C16H23ClN2O2S. The highest BCUT2D eigenvalue weighted by Gasteiger charge is 2.24. The standard InChI is InChI=1S/C16H23ClN2O2S/c1-11(19-15(21)16(2,3)4)14(20)18-9-10-22-13-7-5-12(17)6-8-13/h5-8,11H,9-10H2,1-4H3,(H,18,20)(H,19,21). The van der Waals surface area contributed by atoms with Crippen molar-refractivity contribution in [2.45, 2.75) is 38.6 Å². The van der Waals surface area contributed by atoms with Crippen LogP contribution in [-0.4, -0.2) is 30.2 Å². The molecule has 1 aromatic carbocycles. The van der Waals surface area contributed by atoms with E-state index in [0.29, 0.717) is 11.6 Å². The second-order valence-corrected chi connectivity index (χ2v) is 7.64. The van der Waals surface area contributed by atoms with Gasteiger partial charge < -0.3 is 10.6 Å². The van der Waals surface area contributed by atoms with Gasteiger partial charge in [0.25, 0.3) is 0 Å². The Morgan fingerprint density at radius 1 is 1.23 bits per heavy atom. The molecule has 0 spiro atoms. The average Bonchev–Trinajstić information content (AvgIpc) is 2.44. The van der Waals surface area contributed by atoms with Crippen LogP contribution in [0.1, 0.15) is 27.7 Å². The first-order chi connectivity index (χ1) is 10.2. The van der Waals surface area contributed by atoms with Gasteiger partial charge in [0.15, 0.2) is 0 Å². The Morgan fingerprint density at radius 2 is 1.82 bits per heavy atom. The molecule has 0 bridgehead atoms. The van der Waals surface area contributed by atoms with Crippen molar-refractivity contribution in [2.24, 2.45) is 5.41 Å². The molecule has 0 fully saturated rings. The lowest BCUT2D eigenvalue weighted by Gasteiger charge is -2.21. The second-order valence-electron chi connectivity index (χ2n) is 6.04. The van der Waals surface area contributed by atoms with Crippen molar-refractivity contribution in [2.75, 3.05) is 12.3 Å². The first-order valence-electron chi connectivity index (χ1n) is 7.17. The van der Waals surface area contributed by atoms with E-state index in [1.54, 1.807) is 18.7 Å². The van der Waals surface area contributed by atoms with E-state index >= 15 is 0 Å². The molecule has 1 aromatic rings. The molecule has 122 valence electrons. The number of nitrogens with one attached hydrogen (secondary N) is 2. The monoisotopic (exact) mass is 342 g/mol. The van der Waals surface area contributed by atoms with Crippen LogP contribution in [0.15, 0.2) is 29.2 Å². The molecule has 1 unspecified atom stereocenters. The Hall–Kier alpha value is -1.20. The minimum Gasteiger partial charge on any atom is -0.353 e. The van der Waals surface area contributed by atoms with Crippen LogP contribution in [0.3, 0.4) is 0 Å². The van der Waals surface area contributed by atoms with Gasteiger partial charge in [-0.05, 0) is 31.2 Å². The van der Waals surface area contributed by atoms with Gasteiger partial charge in [-0.2, -0.15) is 0 Å². The first kappa shape index (κ1) is 18.8. The zero-order valence-corrected chi connectivity index (χ0v) is 15.0. The highest BCUT2D eigenvalue weighted by atomic mass is 35.5. The van der Waals surface area contributed by atoms with E-state index in [1.165, 1.54) is 0 Å². The number of hydrogen-bond acceptors (Lipinski definition) is 3. The Balaban J connectivity index is 2.28. The number of amides is 2. The molecule has 0 radical (unpaired) electrons. The number of rotatable bonds is 6. The van der Waals surface area contributed by atoms with E-state index in [4.69, 9.17) is 11.6 Å². The number of halogens is 1. The molecule has 0 heterocycles. The fourth-order valence-electron chi connectivity index (χ4n) is 1.51. The van der Waals surface area contributed by atoms with Gasteiger partial charge in [0, 0.05) is 27.6 Å². The third kappa shape index (κ3) is 6.71. The lowest BCUT2D eigenvalue weighted by molar-refractivity contribution is -0.133. The topological polar surface area (TPSA) is 58.2 Å². The minimum absolute atomic E-state index is 0.134. The van der Waals surface area contributed by atoms with E-state index in [2.05, 4.69) is 10.6 Å². The molecule has 0 saturated heterocycles. The molecule has 22 heavy (non-hydrogen) atoms. The first-order valence-corrected chi connectivity index (χ1v) is 8.53. The summed E-state index contributed by atoms with van der Waals surface area (Å²) in [5, 5.41) is 6.24. The van der Waals surface area contributed by atoms with Crippen molar-refractivity contribution in [3.8, 4) is 0 Å². The number of benzene rings is 1.